The number of thiophene rings is 1. The zero-order valence-corrected chi connectivity index (χ0v) is 17.2. The van der Waals surface area contributed by atoms with Crippen LogP contribution in [0.25, 0.3) is 0 Å². The van der Waals surface area contributed by atoms with E-state index < -0.39 is 12.1 Å². The van der Waals surface area contributed by atoms with Crippen LogP contribution in [-0.4, -0.2) is 22.3 Å². The quantitative estimate of drug-likeness (QED) is 0.282. The first-order valence-electron chi connectivity index (χ1n) is 10.6. The topological polar surface area (TPSA) is 57.5 Å². The number of hydrogen-bond acceptors (Lipinski definition) is 3. The number of aliphatic carboxylic acids is 1. The number of hydrogen-bond donors (Lipinski definition) is 2. The maximum absolute atomic E-state index is 10.5. The summed E-state index contributed by atoms with van der Waals surface area (Å²) in [5, 5.41) is 19.9. The van der Waals surface area contributed by atoms with Crippen LogP contribution in [-0.2, 0) is 11.2 Å². The Bertz CT molecular complexity index is 431. The van der Waals surface area contributed by atoms with Crippen molar-refractivity contribution in [1.29, 1.82) is 0 Å². The molecule has 4 heteroatoms. The predicted octanol–water partition coefficient (Wildman–Crippen LogP) is 6.59. The monoisotopic (exact) mass is 382 g/mol. The maximum atomic E-state index is 10.5. The summed E-state index contributed by atoms with van der Waals surface area (Å²) in [6, 6.07) is 4.39. The Balaban J connectivity index is 1.70. The fourth-order valence-corrected chi connectivity index (χ4v) is 4.09. The van der Waals surface area contributed by atoms with Gasteiger partial charge in [-0.3, -0.25) is 0 Å². The molecule has 1 atom stereocenters. The Kier molecular flexibility index (Phi) is 14.5. The molecule has 0 spiro atoms. The number of carboxylic acids is 1. The van der Waals surface area contributed by atoms with E-state index in [2.05, 4.69) is 17.5 Å². The van der Waals surface area contributed by atoms with E-state index in [1.807, 2.05) is 11.3 Å². The third-order valence-corrected chi connectivity index (χ3v) is 5.95. The highest BCUT2D eigenvalue weighted by molar-refractivity contribution is 7.09. The Hall–Kier alpha value is -0.870. The van der Waals surface area contributed by atoms with E-state index in [1.165, 1.54) is 81.9 Å². The van der Waals surface area contributed by atoms with Gasteiger partial charge in [-0.15, -0.1) is 11.3 Å². The minimum Gasteiger partial charge on any atom is -0.479 e. The molecule has 1 unspecified atom stereocenters. The Morgan fingerprint density at radius 3 is 1.69 bits per heavy atom. The zero-order valence-electron chi connectivity index (χ0n) is 16.3. The largest absolute Gasteiger partial charge is 0.479 e. The molecule has 2 N–H and O–H groups in total. The first kappa shape index (κ1) is 23.2. The van der Waals surface area contributed by atoms with Crippen molar-refractivity contribution < 1.29 is 15.0 Å². The van der Waals surface area contributed by atoms with Crippen molar-refractivity contribution in [3.63, 3.8) is 0 Å². The van der Waals surface area contributed by atoms with Gasteiger partial charge in [0.1, 0.15) is 0 Å². The van der Waals surface area contributed by atoms with Crippen LogP contribution in [0.2, 0.25) is 0 Å². The lowest BCUT2D eigenvalue weighted by molar-refractivity contribution is -0.146. The van der Waals surface area contributed by atoms with E-state index in [9.17, 15) is 9.90 Å². The number of aliphatic hydroxyl groups excluding tert-OH is 1. The summed E-state index contributed by atoms with van der Waals surface area (Å²) >= 11 is 1.88. The van der Waals surface area contributed by atoms with Crippen LogP contribution < -0.4 is 0 Å². The van der Waals surface area contributed by atoms with Crippen LogP contribution in [0.15, 0.2) is 17.5 Å². The standard InChI is InChI=1S/C22H38O3S/c23-21(22(24)25)18-14-12-10-8-6-4-2-1-3-5-7-9-11-13-16-20-17-15-19-26-20/h15,17,19,21,23H,1-14,16,18H2,(H,24,25). The lowest BCUT2D eigenvalue weighted by Gasteiger charge is -2.05. The van der Waals surface area contributed by atoms with Crippen LogP contribution in [0.1, 0.15) is 101 Å². The van der Waals surface area contributed by atoms with Crippen molar-refractivity contribution in [3.8, 4) is 0 Å². The molecule has 0 fully saturated rings. The third kappa shape index (κ3) is 13.3. The van der Waals surface area contributed by atoms with Gasteiger partial charge < -0.3 is 10.2 Å². The van der Waals surface area contributed by atoms with Gasteiger partial charge in [-0.1, -0.05) is 89.5 Å². The van der Waals surface area contributed by atoms with Crippen molar-refractivity contribution in [1.82, 2.24) is 0 Å². The molecule has 0 saturated carbocycles. The summed E-state index contributed by atoms with van der Waals surface area (Å²) in [6.45, 7) is 0. The molecule has 1 heterocycles. The number of rotatable bonds is 18. The van der Waals surface area contributed by atoms with Crippen molar-refractivity contribution in [2.45, 2.75) is 109 Å². The van der Waals surface area contributed by atoms with Crippen LogP contribution in [0.5, 0.6) is 0 Å². The summed E-state index contributed by atoms with van der Waals surface area (Å²) in [5.41, 5.74) is 0. The van der Waals surface area contributed by atoms with Crippen LogP contribution in [0.3, 0.4) is 0 Å². The lowest BCUT2D eigenvalue weighted by Crippen LogP contribution is -2.18. The molecule has 0 amide bonds. The second-order valence-corrected chi connectivity index (χ2v) is 8.45. The first-order valence-corrected chi connectivity index (χ1v) is 11.5. The van der Waals surface area contributed by atoms with Gasteiger partial charge in [0.15, 0.2) is 6.10 Å². The molecule has 26 heavy (non-hydrogen) atoms. The highest BCUT2D eigenvalue weighted by atomic mass is 32.1. The van der Waals surface area contributed by atoms with Crippen molar-refractivity contribution in [2.24, 2.45) is 0 Å². The molecule has 150 valence electrons. The van der Waals surface area contributed by atoms with Gasteiger partial charge in [0.05, 0.1) is 0 Å². The van der Waals surface area contributed by atoms with Gasteiger partial charge in [-0.2, -0.15) is 0 Å². The average Bonchev–Trinajstić information content (AvgIpc) is 3.14. The molecule has 3 nitrogen and oxygen atoms in total. The Labute approximate surface area is 163 Å². The number of carboxylic acid groups (broad SMARTS) is 1. The van der Waals surface area contributed by atoms with E-state index in [-0.39, 0.29) is 0 Å². The first-order chi connectivity index (χ1) is 12.7. The summed E-state index contributed by atoms with van der Waals surface area (Å²) in [4.78, 5) is 12.0. The molecule has 0 radical (unpaired) electrons. The lowest BCUT2D eigenvalue weighted by atomic mass is 10.0. The normalized spacial score (nSPS) is 12.3. The van der Waals surface area contributed by atoms with Crippen molar-refractivity contribution in [3.05, 3.63) is 22.4 Å². The van der Waals surface area contributed by atoms with Gasteiger partial charge in [-0.25, -0.2) is 4.79 Å². The number of aryl methyl sites for hydroxylation is 1. The highest BCUT2D eigenvalue weighted by Gasteiger charge is 2.11. The Morgan fingerprint density at radius 1 is 0.808 bits per heavy atom. The second-order valence-electron chi connectivity index (χ2n) is 7.42. The molecule has 0 aromatic carbocycles. The minimum absolute atomic E-state index is 0.392. The van der Waals surface area contributed by atoms with E-state index in [0.29, 0.717) is 6.42 Å². The fourth-order valence-electron chi connectivity index (χ4n) is 3.34. The highest BCUT2D eigenvalue weighted by Crippen LogP contribution is 2.16. The van der Waals surface area contributed by atoms with Gasteiger partial charge >= 0.3 is 5.97 Å². The predicted molar refractivity (Wildman–Crippen MR) is 111 cm³/mol. The van der Waals surface area contributed by atoms with Crippen LogP contribution in [0.4, 0.5) is 0 Å². The van der Waals surface area contributed by atoms with Gasteiger partial charge in [0.2, 0.25) is 0 Å². The van der Waals surface area contributed by atoms with E-state index in [4.69, 9.17) is 5.11 Å². The van der Waals surface area contributed by atoms with E-state index >= 15 is 0 Å². The minimum atomic E-state index is -1.17. The second kappa shape index (κ2) is 16.3. The summed E-state index contributed by atoms with van der Waals surface area (Å²) < 4.78 is 0. The fraction of sp³-hybridized carbons (Fsp3) is 0.773. The van der Waals surface area contributed by atoms with E-state index in [1.54, 1.807) is 0 Å². The summed E-state index contributed by atoms with van der Waals surface area (Å²) in [5.74, 6) is -1.09. The number of carbonyl (C=O) groups is 1. The van der Waals surface area contributed by atoms with Crippen LogP contribution in [0, 0.1) is 0 Å². The third-order valence-electron chi connectivity index (χ3n) is 5.02. The van der Waals surface area contributed by atoms with Gasteiger partial charge in [0, 0.05) is 4.88 Å². The van der Waals surface area contributed by atoms with Crippen molar-refractivity contribution in [2.75, 3.05) is 0 Å². The molecule has 0 saturated heterocycles. The molecule has 0 aliphatic rings. The Morgan fingerprint density at radius 2 is 1.27 bits per heavy atom. The van der Waals surface area contributed by atoms with E-state index in [0.717, 1.165) is 19.3 Å². The number of aliphatic hydroxyl groups is 1. The average molecular weight is 383 g/mol. The number of unbranched alkanes of at least 4 members (excludes halogenated alkanes) is 13. The molecule has 1 rings (SSSR count). The smallest absolute Gasteiger partial charge is 0.332 e. The molecule has 0 aliphatic heterocycles. The molecular formula is C22H38O3S. The summed E-state index contributed by atoms with van der Waals surface area (Å²) in [7, 11) is 0. The molecule has 1 aromatic heterocycles. The zero-order chi connectivity index (χ0) is 18.9. The molecular weight excluding hydrogens is 344 g/mol. The SMILES string of the molecule is O=C(O)C(O)CCCCCCCCCCCCCCCCc1cccs1. The maximum Gasteiger partial charge on any atom is 0.332 e. The molecule has 1 aromatic rings. The van der Waals surface area contributed by atoms with Gasteiger partial charge in [0.25, 0.3) is 0 Å². The van der Waals surface area contributed by atoms with Gasteiger partial charge in [-0.05, 0) is 30.7 Å². The molecule has 0 aliphatic carbocycles. The molecule has 0 bridgehead atoms. The summed E-state index contributed by atoms with van der Waals surface area (Å²) in [6.07, 6.45) is 18.4. The van der Waals surface area contributed by atoms with Crippen LogP contribution >= 0.6 is 11.3 Å². The van der Waals surface area contributed by atoms with Crippen molar-refractivity contribution >= 4 is 17.3 Å².